The van der Waals surface area contributed by atoms with E-state index in [2.05, 4.69) is 18.7 Å². The zero-order valence-corrected chi connectivity index (χ0v) is 18.4. The van der Waals surface area contributed by atoms with Crippen LogP contribution >= 0.6 is 7.60 Å². The summed E-state index contributed by atoms with van der Waals surface area (Å²) >= 11 is 0. The quantitative estimate of drug-likeness (QED) is 0.388. The van der Waals surface area contributed by atoms with Crippen molar-refractivity contribution in [2.24, 2.45) is 10.8 Å². The van der Waals surface area contributed by atoms with Gasteiger partial charge < -0.3 is 18.7 Å². The van der Waals surface area contributed by atoms with Crippen LogP contribution in [0.3, 0.4) is 0 Å². The van der Waals surface area contributed by atoms with Crippen LogP contribution in [0.1, 0.15) is 62.3 Å². The van der Waals surface area contributed by atoms with Gasteiger partial charge in [-0.1, -0.05) is 27.7 Å². The monoisotopic (exact) mass is 379 g/mol. The van der Waals surface area contributed by atoms with Gasteiger partial charge in [-0.15, -0.1) is 0 Å². The number of hydrogen-bond acceptors (Lipinski definition) is 6. The van der Waals surface area contributed by atoms with Crippen LogP contribution in [0.4, 0.5) is 0 Å². The van der Waals surface area contributed by atoms with Crippen LogP contribution in [-0.4, -0.2) is 49.6 Å². The second kappa shape index (κ2) is 10.1. The highest BCUT2D eigenvalue weighted by atomic mass is 31.2. The van der Waals surface area contributed by atoms with Crippen LogP contribution < -0.4 is 0 Å². The molecule has 0 aromatic carbocycles. The summed E-state index contributed by atoms with van der Waals surface area (Å²) in [6, 6.07) is 0. The van der Waals surface area contributed by atoms with Gasteiger partial charge in [-0.05, 0) is 47.7 Å². The molecule has 0 amide bonds. The standard InChI is InChI=1S/C18H38NO5P/c1-10-19(11-2)14-18(8,9)16(24-15(20)17(5,6)7)25(21,22-12-3)23-13-4/h16H,10-14H2,1-9H3. The van der Waals surface area contributed by atoms with Crippen molar-refractivity contribution in [2.75, 3.05) is 32.8 Å². The molecule has 7 heteroatoms. The van der Waals surface area contributed by atoms with E-state index in [1.54, 1.807) is 34.6 Å². The van der Waals surface area contributed by atoms with Crippen LogP contribution in [0.2, 0.25) is 0 Å². The van der Waals surface area contributed by atoms with Crippen molar-refractivity contribution in [1.82, 2.24) is 4.90 Å². The Labute approximate surface area is 154 Å². The molecule has 0 bridgehead atoms. The highest BCUT2D eigenvalue weighted by molar-refractivity contribution is 7.54. The van der Waals surface area contributed by atoms with Crippen molar-refractivity contribution in [3.05, 3.63) is 0 Å². The molecule has 0 aliphatic carbocycles. The fraction of sp³-hybridized carbons (Fsp3) is 0.944. The molecule has 0 heterocycles. The van der Waals surface area contributed by atoms with E-state index in [-0.39, 0.29) is 13.2 Å². The largest absolute Gasteiger partial charge is 0.448 e. The molecule has 0 rings (SSSR count). The summed E-state index contributed by atoms with van der Waals surface area (Å²) in [7, 11) is -3.62. The number of nitrogens with zero attached hydrogens (tertiary/aromatic N) is 1. The molecule has 0 spiro atoms. The minimum absolute atomic E-state index is 0.224. The minimum Gasteiger partial charge on any atom is -0.448 e. The number of hydrogen-bond donors (Lipinski definition) is 0. The Morgan fingerprint density at radius 3 is 1.72 bits per heavy atom. The van der Waals surface area contributed by atoms with Gasteiger partial charge in [0.2, 0.25) is 5.85 Å². The van der Waals surface area contributed by atoms with E-state index in [1.807, 2.05) is 13.8 Å². The Morgan fingerprint density at radius 2 is 1.40 bits per heavy atom. The number of ether oxygens (including phenoxy) is 1. The van der Waals surface area contributed by atoms with Crippen LogP contribution in [0.25, 0.3) is 0 Å². The summed E-state index contributed by atoms with van der Waals surface area (Å²) in [6.07, 6.45) is 0. The molecule has 6 nitrogen and oxygen atoms in total. The fourth-order valence-corrected chi connectivity index (χ4v) is 4.79. The third-order valence-electron chi connectivity index (χ3n) is 3.93. The fourth-order valence-electron chi connectivity index (χ4n) is 2.56. The Morgan fingerprint density at radius 1 is 0.960 bits per heavy atom. The van der Waals surface area contributed by atoms with Crippen LogP contribution in [0.5, 0.6) is 0 Å². The first-order chi connectivity index (χ1) is 11.4. The van der Waals surface area contributed by atoms with Gasteiger partial charge in [0.15, 0.2) is 0 Å². The molecule has 150 valence electrons. The van der Waals surface area contributed by atoms with Gasteiger partial charge in [0.25, 0.3) is 0 Å². The van der Waals surface area contributed by atoms with Crippen LogP contribution in [0, 0.1) is 10.8 Å². The van der Waals surface area contributed by atoms with E-state index >= 15 is 0 Å². The van der Waals surface area contributed by atoms with Crippen molar-refractivity contribution in [2.45, 2.75) is 68.2 Å². The summed E-state index contributed by atoms with van der Waals surface area (Å²) < 4.78 is 30.2. The molecule has 1 unspecified atom stereocenters. The molecule has 1 atom stereocenters. The molecule has 0 aliphatic heterocycles. The predicted molar refractivity (Wildman–Crippen MR) is 102 cm³/mol. The molecule has 0 fully saturated rings. The molecule has 25 heavy (non-hydrogen) atoms. The normalized spacial score (nSPS) is 14.6. The maximum atomic E-state index is 13.4. The Kier molecular flexibility index (Phi) is 9.89. The van der Waals surface area contributed by atoms with Crippen molar-refractivity contribution in [3.63, 3.8) is 0 Å². The summed E-state index contributed by atoms with van der Waals surface area (Å²) in [5.41, 5.74) is -1.31. The highest BCUT2D eigenvalue weighted by Crippen LogP contribution is 2.59. The first-order valence-corrected chi connectivity index (χ1v) is 10.8. The maximum Gasteiger partial charge on any atom is 0.371 e. The van der Waals surface area contributed by atoms with E-state index in [1.165, 1.54) is 0 Å². The summed E-state index contributed by atoms with van der Waals surface area (Å²) in [4.78, 5) is 14.7. The Balaban J connectivity index is 5.86. The highest BCUT2D eigenvalue weighted by Gasteiger charge is 2.50. The number of carbonyl (C=O) groups is 1. The zero-order valence-electron chi connectivity index (χ0n) is 17.5. The Bertz CT molecular complexity index is 445. The third-order valence-corrected chi connectivity index (χ3v) is 6.55. The van der Waals surface area contributed by atoms with E-state index in [9.17, 15) is 9.36 Å². The van der Waals surface area contributed by atoms with Gasteiger partial charge >= 0.3 is 13.6 Å². The number of carbonyl (C=O) groups excluding carboxylic acids is 1. The van der Waals surface area contributed by atoms with Crippen molar-refractivity contribution >= 4 is 13.6 Å². The second-order valence-electron chi connectivity index (χ2n) is 7.83. The van der Waals surface area contributed by atoms with Crippen LogP contribution in [-0.2, 0) is 23.1 Å². The van der Waals surface area contributed by atoms with Crippen molar-refractivity contribution in [3.8, 4) is 0 Å². The van der Waals surface area contributed by atoms with Gasteiger partial charge in [0.1, 0.15) is 0 Å². The summed E-state index contributed by atoms with van der Waals surface area (Å²) in [5, 5.41) is 0. The van der Waals surface area contributed by atoms with E-state index in [4.69, 9.17) is 13.8 Å². The van der Waals surface area contributed by atoms with Gasteiger partial charge in [0.05, 0.1) is 18.6 Å². The molecule has 0 N–H and O–H groups in total. The Hall–Kier alpha value is -0.420. The van der Waals surface area contributed by atoms with Gasteiger partial charge in [-0.2, -0.15) is 0 Å². The minimum atomic E-state index is -3.62. The number of rotatable bonds is 11. The van der Waals surface area contributed by atoms with E-state index in [0.717, 1.165) is 13.1 Å². The summed E-state index contributed by atoms with van der Waals surface area (Å²) in [5.74, 6) is -1.38. The van der Waals surface area contributed by atoms with E-state index < -0.39 is 30.2 Å². The first-order valence-electron chi connectivity index (χ1n) is 9.20. The molecule has 0 aromatic rings. The van der Waals surface area contributed by atoms with Crippen molar-refractivity contribution < 1.29 is 23.1 Å². The molecular formula is C18H38NO5P. The lowest BCUT2D eigenvalue weighted by Gasteiger charge is -2.40. The molecule has 0 radical (unpaired) electrons. The zero-order chi connectivity index (χ0) is 19.9. The maximum absolute atomic E-state index is 13.4. The van der Waals surface area contributed by atoms with Crippen LogP contribution in [0.15, 0.2) is 0 Å². The molecular weight excluding hydrogens is 341 g/mol. The predicted octanol–water partition coefficient (Wildman–Crippen LogP) is 4.54. The average molecular weight is 379 g/mol. The lowest BCUT2D eigenvalue weighted by molar-refractivity contribution is -0.161. The van der Waals surface area contributed by atoms with E-state index in [0.29, 0.717) is 6.54 Å². The molecule has 0 saturated carbocycles. The first kappa shape index (κ1) is 24.6. The number of esters is 1. The van der Waals surface area contributed by atoms with Gasteiger partial charge in [-0.3, -0.25) is 9.36 Å². The molecule has 0 aromatic heterocycles. The molecule has 0 aliphatic rings. The van der Waals surface area contributed by atoms with Crippen molar-refractivity contribution in [1.29, 1.82) is 0 Å². The third kappa shape index (κ3) is 7.38. The lowest BCUT2D eigenvalue weighted by atomic mass is 9.92. The second-order valence-corrected chi connectivity index (χ2v) is 9.90. The summed E-state index contributed by atoms with van der Waals surface area (Å²) in [6.45, 7) is 19.6. The lowest BCUT2D eigenvalue weighted by Crippen LogP contribution is -2.45. The molecule has 0 saturated heterocycles. The van der Waals surface area contributed by atoms with Gasteiger partial charge in [-0.25, -0.2) is 0 Å². The topological polar surface area (TPSA) is 65.1 Å². The average Bonchev–Trinajstić information content (AvgIpc) is 2.49. The van der Waals surface area contributed by atoms with Gasteiger partial charge in [0, 0.05) is 12.0 Å². The smallest absolute Gasteiger partial charge is 0.371 e. The SMILES string of the molecule is CCOP(=O)(OCC)C(OC(=O)C(C)(C)C)C(C)(C)CN(CC)CC.